The van der Waals surface area contributed by atoms with Gasteiger partial charge in [0.2, 0.25) is 0 Å². The number of nitrogens with two attached hydrogens (primary N) is 1. The Morgan fingerprint density at radius 3 is 2.60 bits per heavy atom. The first-order chi connectivity index (χ1) is 7.25. The van der Waals surface area contributed by atoms with Crippen molar-refractivity contribution in [1.29, 1.82) is 0 Å². The Labute approximate surface area is 90.6 Å². The molecule has 0 bridgehead atoms. The van der Waals surface area contributed by atoms with Gasteiger partial charge in [0.15, 0.2) is 5.16 Å². The summed E-state index contributed by atoms with van der Waals surface area (Å²) >= 11 is 1.31. The number of nitrogen functional groups attached to an aromatic ring is 1. The van der Waals surface area contributed by atoms with Gasteiger partial charge in [0.25, 0.3) is 0 Å². The lowest BCUT2D eigenvalue weighted by atomic mass is 10.3. The highest BCUT2D eigenvalue weighted by atomic mass is 32.2. The van der Waals surface area contributed by atoms with Crippen molar-refractivity contribution < 1.29 is 4.39 Å². The third-order valence-corrected chi connectivity index (χ3v) is 2.70. The molecule has 0 amide bonds. The zero-order valence-electron chi connectivity index (χ0n) is 7.72. The van der Waals surface area contributed by atoms with Crippen molar-refractivity contribution in [2.24, 2.45) is 0 Å². The lowest BCUT2D eigenvalue weighted by Crippen LogP contribution is -1.91. The Kier molecular flexibility index (Phi) is 2.82. The van der Waals surface area contributed by atoms with Crippen LogP contribution in [0.3, 0.4) is 0 Å². The molecule has 0 fully saturated rings. The van der Waals surface area contributed by atoms with E-state index in [4.69, 9.17) is 5.73 Å². The lowest BCUT2D eigenvalue weighted by Gasteiger charge is -2.03. The van der Waals surface area contributed by atoms with E-state index in [1.54, 1.807) is 24.5 Å². The molecule has 0 aliphatic rings. The number of anilines is 1. The van der Waals surface area contributed by atoms with Gasteiger partial charge in [0, 0.05) is 23.0 Å². The highest BCUT2D eigenvalue weighted by Gasteiger charge is 2.04. The molecular formula is C10H8FN3S. The summed E-state index contributed by atoms with van der Waals surface area (Å²) in [5.74, 6) is -0.342. The number of nitrogens with zero attached hydrogens (tertiary/aromatic N) is 2. The smallest absolute Gasteiger partial charge is 0.192 e. The fraction of sp³-hybridized carbons (Fsp3) is 0. The van der Waals surface area contributed by atoms with Gasteiger partial charge in [0.1, 0.15) is 5.82 Å². The van der Waals surface area contributed by atoms with Gasteiger partial charge in [-0.05, 0) is 36.0 Å². The molecule has 0 aliphatic heterocycles. The summed E-state index contributed by atoms with van der Waals surface area (Å²) in [6.45, 7) is 0. The number of halogens is 1. The van der Waals surface area contributed by atoms with Crippen LogP contribution in [0.1, 0.15) is 0 Å². The Morgan fingerprint density at radius 1 is 1.20 bits per heavy atom. The minimum Gasteiger partial charge on any atom is -0.398 e. The number of aromatic nitrogens is 2. The van der Waals surface area contributed by atoms with Crippen molar-refractivity contribution in [3.05, 3.63) is 42.5 Å². The molecule has 1 aromatic carbocycles. The Bertz CT molecular complexity index is 461. The van der Waals surface area contributed by atoms with E-state index in [1.165, 1.54) is 23.9 Å². The van der Waals surface area contributed by atoms with Crippen molar-refractivity contribution >= 4 is 17.4 Å². The maximum Gasteiger partial charge on any atom is 0.192 e. The molecule has 3 nitrogen and oxygen atoms in total. The van der Waals surface area contributed by atoms with Crippen LogP contribution in [0.4, 0.5) is 10.1 Å². The molecule has 0 atom stereocenters. The van der Waals surface area contributed by atoms with Crippen LogP contribution in [0.15, 0.2) is 46.7 Å². The van der Waals surface area contributed by atoms with Crippen molar-refractivity contribution in [3.63, 3.8) is 0 Å². The molecule has 2 aromatic rings. The second-order valence-electron chi connectivity index (χ2n) is 2.82. The van der Waals surface area contributed by atoms with Crippen LogP contribution in [-0.4, -0.2) is 9.97 Å². The Morgan fingerprint density at radius 2 is 1.93 bits per heavy atom. The predicted octanol–water partition coefficient (Wildman–Crippen LogP) is 2.35. The van der Waals surface area contributed by atoms with E-state index in [2.05, 4.69) is 9.97 Å². The van der Waals surface area contributed by atoms with Crippen molar-refractivity contribution in [3.8, 4) is 0 Å². The molecule has 0 radical (unpaired) electrons. The highest BCUT2D eigenvalue weighted by Crippen LogP contribution is 2.29. The molecular weight excluding hydrogens is 213 g/mol. The van der Waals surface area contributed by atoms with Gasteiger partial charge in [-0.15, -0.1) is 0 Å². The van der Waals surface area contributed by atoms with Crippen molar-refractivity contribution in [2.75, 3.05) is 5.73 Å². The van der Waals surface area contributed by atoms with E-state index in [0.717, 1.165) is 4.90 Å². The summed E-state index contributed by atoms with van der Waals surface area (Å²) in [6, 6.07) is 6.00. The fourth-order valence-electron chi connectivity index (χ4n) is 1.05. The third kappa shape index (κ3) is 2.44. The number of rotatable bonds is 2. The molecule has 0 aliphatic carbocycles. The molecule has 2 rings (SSSR count). The van der Waals surface area contributed by atoms with E-state index in [1.807, 2.05) is 0 Å². The maximum atomic E-state index is 12.8. The molecule has 0 spiro atoms. The van der Waals surface area contributed by atoms with Gasteiger partial charge >= 0.3 is 0 Å². The molecule has 1 heterocycles. The molecule has 0 saturated heterocycles. The van der Waals surface area contributed by atoms with Gasteiger partial charge in [0.05, 0.1) is 0 Å². The SMILES string of the molecule is Nc1cc(F)ccc1Sc1ncccn1. The van der Waals surface area contributed by atoms with Crippen LogP contribution in [0.25, 0.3) is 0 Å². The topological polar surface area (TPSA) is 51.8 Å². The highest BCUT2D eigenvalue weighted by molar-refractivity contribution is 7.99. The average molecular weight is 221 g/mol. The Balaban J connectivity index is 2.25. The average Bonchev–Trinajstić information content (AvgIpc) is 2.24. The quantitative estimate of drug-likeness (QED) is 0.624. The first-order valence-electron chi connectivity index (χ1n) is 4.25. The van der Waals surface area contributed by atoms with Gasteiger partial charge < -0.3 is 5.73 Å². The summed E-state index contributed by atoms with van der Waals surface area (Å²) in [5, 5.41) is 0.593. The van der Waals surface area contributed by atoms with E-state index < -0.39 is 0 Å². The second kappa shape index (κ2) is 4.27. The van der Waals surface area contributed by atoms with Crippen molar-refractivity contribution in [1.82, 2.24) is 9.97 Å². The van der Waals surface area contributed by atoms with Crippen LogP contribution in [-0.2, 0) is 0 Å². The normalized spacial score (nSPS) is 10.2. The number of hydrogen-bond acceptors (Lipinski definition) is 4. The molecule has 15 heavy (non-hydrogen) atoms. The molecule has 0 saturated carbocycles. The van der Waals surface area contributed by atoms with E-state index >= 15 is 0 Å². The van der Waals surface area contributed by atoms with Gasteiger partial charge in [-0.3, -0.25) is 0 Å². The lowest BCUT2D eigenvalue weighted by molar-refractivity contribution is 0.627. The summed E-state index contributed by atoms with van der Waals surface area (Å²) in [6.07, 6.45) is 3.30. The van der Waals surface area contributed by atoms with Gasteiger partial charge in [-0.25, -0.2) is 14.4 Å². The van der Waals surface area contributed by atoms with Crippen molar-refractivity contribution in [2.45, 2.75) is 10.1 Å². The number of benzene rings is 1. The monoisotopic (exact) mass is 221 g/mol. The minimum absolute atomic E-state index is 0.342. The van der Waals surface area contributed by atoms with Crippen LogP contribution >= 0.6 is 11.8 Å². The predicted molar refractivity (Wildman–Crippen MR) is 57.0 cm³/mol. The number of hydrogen-bond donors (Lipinski definition) is 1. The van der Waals surface area contributed by atoms with E-state index in [0.29, 0.717) is 10.8 Å². The van der Waals surface area contributed by atoms with E-state index in [-0.39, 0.29) is 5.82 Å². The molecule has 2 N–H and O–H groups in total. The summed E-state index contributed by atoms with van der Waals surface area (Å²) < 4.78 is 12.8. The zero-order chi connectivity index (χ0) is 10.7. The summed E-state index contributed by atoms with van der Waals surface area (Å²) in [7, 11) is 0. The van der Waals surface area contributed by atoms with Gasteiger partial charge in [-0.1, -0.05) is 0 Å². The minimum atomic E-state index is -0.342. The van der Waals surface area contributed by atoms with Crippen LogP contribution in [0.5, 0.6) is 0 Å². The largest absolute Gasteiger partial charge is 0.398 e. The summed E-state index contributed by atoms with van der Waals surface area (Å²) in [5.41, 5.74) is 6.05. The van der Waals surface area contributed by atoms with Crippen LogP contribution in [0.2, 0.25) is 0 Å². The second-order valence-corrected chi connectivity index (χ2v) is 3.82. The molecule has 0 unspecified atom stereocenters. The maximum absolute atomic E-state index is 12.8. The van der Waals surface area contributed by atoms with Gasteiger partial charge in [-0.2, -0.15) is 0 Å². The summed E-state index contributed by atoms with van der Waals surface area (Å²) in [4.78, 5) is 8.83. The third-order valence-electron chi connectivity index (χ3n) is 1.72. The fourth-order valence-corrected chi connectivity index (χ4v) is 1.79. The van der Waals surface area contributed by atoms with Crippen LogP contribution in [0, 0.1) is 5.82 Å². The first-order valence-corrected chi connectivity index (χ1v) is 5.07. The molecule has 5 heteroatoms. The first kappa shape index (κ1) is 9.92. The molecule has 76 valence electrons. The standard InChI is InChI=1S/C10H8FN3S/c11-7-2-3-9(8(12)6-7)15-10-13-4-1-5-14-10/h1-6H,12H2. The van der Waals surface area contributed by atoms with E-state index in [9.17, 15) is 4.39 Å². The molecule has 1 aromatic heterocycles. The van der Waals surface area contributed by atoms with Crippen LogP contribution < -0.4 is 5.73 Å². The zero-order valence-corrected chi connectivity index (χ0v) is 8.54. The Hall–Kier alpha value is -1.62.